The van der Waals surface area contributed by atoms with E-state index in [0.717, 1.165) is 0 Å². The summed E-state index contributed by atoms with van der Waals surface area (Å²) in [4.78, 5) is 12.3. The molecule has 5 heteroatoms. The average molecular weight is 251 g/mol. The normalized spacial score (nSPS) is 27.5. The van der Waals surface area contributed by atoms with Gasteiger partial charge in [0.2, 0.25) is 0 Å². The first-order valence-electron chi connectivity index (χ1n) is 5.89. The molecule has 0 spiro atoms. The zero-order chi connectivity index (χ0) is 13.3. The second kappa shape index (κ2) is 4.59. The van der Waals surface area contributed by atoms with Crippen molar-refractivity contribution in [3.05, 3.63) is 35.4 Å². The van der Waals surface area contributed by atoms with Crippen molar-refractivity contribution >= 4 is 6.09 Å². The number of hydrogen-bond acceptors (Lipinski definition) is 3. The highest BCUT2D eigenvalue weighted by molar-refractivity contribution is 5.66. The SMILES string of the molecule is C[C@H]1CC(O)(c2ccccc2CO)CN1C(=O)O. The van der Waals surface area contributed by atoms with Crippen LogP contribution in [0.3, 0.4) is 0 Å². The first-order valence-corrected chi connectivity index (χ1v) is 5.89. The quantitative estimate of drug-likeness (QED) is 0.736. The molecule has 1 fully saturated rings. The molecule has 1 saturated heterocycles. The number of benzene rings is 1. The van der Waals surface area contributed by atoms with E-state index in [0.29, 0.717) is 17.5 Å². The summed E-state index contributed by atoms with van der Waals surface area (Å²) in [5.41, 5.74) is 0.0412. The van der Waals surface area contributed by atoms with Crippen LogP contribution in [0, 0.1) is 0 Å². The van der Waals surface area contributed by atoms with E-state index >= 15 is 0 Å². The van der Waals surface area contributed by atoms with Crippen LogP contribution in [-0.4, -0.2) is 38.9 Å². The van der Waals surface area contributed by atoms with Crippen LogP contribution in [0.1, 0.15) is 24.5 Å². The van der Waals surface area contributed by atoms with Crippen molar-refractivity contribution in [1.29, 1.82) is 0 Å². The van der Waals surface area contributed by atoms with Crippen molar-refractivity contribution in [2.45, 2.75) is 31.6 Å². The number of rotatable bonds is 2. The molecule has 1 aliphatic heterocycles. The maximum atomic E-state index is 11.1. The summed E-state index contributed by atoms with van der Waals surface area (Å²) in [6.45, 7) is 1.65. The van der Waals surface area contributed by atoms with Gasteiger partial charge in [0.05, 0.1) is 13.2 Å². The van der Waals surface area contributed by atoms with Gasteiger partial charge in [-0.1, -0.05) is 24.3 Å². The lowest BCUT2D eigenvalue weighted by Gasteiger charge is -2.25. The van der Waals surface area contributed by atoms with E-state index in [1.54, 1.807) is 31.2 Å². The summed E-state index contributed by atoms with van der Waals surface area (Å²) >= 11 is 0. The number of nitrogens with zero attached hydrogens (tertiary/aromatic N) is 1. The number of amides is 1. The number of likely N-dealkylation sites (tertiary alicyclic amines) is 1. The summed E-state index contributed by atoms with van der Waals surface area (Å²) < 4.78 is 0. The summed E-state index contributed by atoms with van der Waals surface area (Å²) in [5, 5.41) is 29.0. The number of hydrogen-bond donors (Lipinski definition) is 3. The summed E-state index contributed by atoms with van der Waals surface area (Å²) in [6.07, 6.45) is -0.684. The molecule has 2 rings (SSSR count). The fourth-order valence-electron chi connectivity index (χ4n) is 2.66. The predicted octanol–water partition coefficient (Wildman–Crippen LogP) is 1.14. The van der Waals surface area contributed by atoms with Gasteiger partial charge in [-0.2, -0.15) is 0 Å². The summed E-state index contributed by atoms with van der Waals surface area (Å²) in [6, 6.07) is 6.80. The lowest BCUT2D eigenvalue weighted by atomic mass is 9.88. The molecule has 1 aromatic carbocycles. The van der Waals surface area contributed by atoms with Crippen LogP contribution in [0.25, 0.3) is 0 Å². The summed E-state index contributed by atoms with van der Waals surface area (Å²) in [7, 11) is 0. The van der Waals surface area contributed by atoms with Crippen LogP contribution in [-0.2, 0) is 12.2 Å². The van der Waals surface area contributed by atoms with Crippen LogP contribution in [0.2, 0.25) is 0 Å². The number of carboxylic acid groups (broad SMARTS) is 1. The lowest BCUT2D eigenvalue weighted by Crippen LogP contribution is -2.35. The molecule has 98 valence electrons. The van der Waals surface area contributed by atoms with Gasteiger partial charge in [-0.3, -0.25) is 0 Å². The number of aliphatic hydroxyl groups excluding tert-OH is 1. The first kappa shape index (κ1) is 12.9. The van der Waals surface area contributed by atoms with Gasteiger partial charge in [-0.05, 0) is 18.1 Å². The molecular weight excluding hydrogens is 234 g/mol. The fraction of sp³-hybridized carbons (Fsp3) is 0.462. The molecule has 0 aromatic heterocycles. The summed E-state index contributed by atoms with van der Waals surface area (Å²) in [5.74, 6) is 0. The molecule has 1 aromatic rings. The number of carbonyl (C=O) groups is 1. The Hall–Kier alpha value is -1.59. The van der Waals surface area contributed by atoms with Crippen molar-refractivity contribution in [1.82, 2.24) is 4.90 Å². The van der Waals surface area contributed by atoms with Crippen molar-refractivity contribution in [3.8, 4) is 0 Å². The molecule has 18 heavy (non-hydrogen) atoms. The molecule has 0 saturated carbocycles. The molecule has 0 aliphatic carbocycles. The van der Waals surface area contributed by atoms with Crippen LogP contribution >= 0.6 is 0 Å². The minimum absolute atomic E-state index is 0.0422. The molecule has 1 unspecified atom stereocenters. The van der Waals surface area contributed by atoms with Gasteiger partial charge in [0, 0.05) is 12.5 Å². The predicted molar refractivity (Wildman–Crippen MR) is 65.1 cm³/mol. The van der Waals surface area contributed by atoms with Gasteiger partial charge in [0.25, 0.3) is 0 Å². The zero-order valence-corrected chi connectivity index (χ0v) is 10.2. The molecule has 0 bridgehead atoms. The Bertz CT molecular complexity index is 462. The maximum absolute atomic E-state index is 11.1. The molecule has 1 aliphatic rings. The Labute approximate surface area is 105 Å². The lowest BCUT2D eigenvalue weighted by molar-refractivity contribution is 0.0438. The third-order valence-electron chi connectivity index (χ3n) is 3.53. The van der Waals surface area contributed by atoms with Crippen LogP contribution in [0.5, 0.6) is 0 Å². The largest absolute Gasteiger partial charge is 0.465 e. The molecule has 2 atom stereocenters. The molecule has 1 heterocycles. The Morgan fingerprint density at radius 3 is 2.72 bits per heavy atom. The van der Waals surface area contributed by atoms with Gasteiger partial charge in [0.1, 0.15) is 5.60 Å². The standard InChI is InChI=1S/C13H17NO4/c1-9-6-13(18,8-14(9)12(16)17)11-5-3-2-4-10(11)7-15/h2-5,9,15,18H,6-8H2,1H3,(H,16,17)/t9-,13?/m0/s1. The van der Waals surface area contributed by atoms with Crippen molar-refractivity contribution in [3.63, 3.8) is 0 Å². The Morgan fingerprint density at radius 1 is 1.50 bits per heavy atom. The van der Waals surface area contributed by atoms with Gasteiger partial charge in [0.15, 0.2) is 0 Å². The van der Waals surface area contributed by atoms with Gasteiger partial charge in [-0.25, -0.2) is 4.79 Å². The van der Waals surface area contributed by atoms with E-state index in [1.807, 2.05) is 0 Å². The Kier molecular flexibility index (Phi) is 3.28. The van der Waals surface area contributed by atoms with Crippen LogP contribution in [0.4, 0.5) is 4.79 Å². The van der Waals surface area contributed by atoms with Crippen LogP contribution < -0.4 is 0 Å². The van der Waals surface area contributed by atoms with E-state index in [-0.39, 0.29) is 19.2 Å². The molecule has 0 radical (unpaired) electrons. The smallest absolute Gasteiger partial charge is 0.407 e. The third kappa shape index (κ3) is 2.07. The highest BCUT2D eigenvalue weighted by atomic mass is 16.4. The zero-order valence-electron chi connectivity index (χ0n) is 10.2. The van der Waals surface area contributed by atoms with Crippen molar-refractivity contribution in [2.24, 2.45) is 0 Å². The highest BCUT2D eigenvalue weighted by Gasteiger charge is 2.44. The van der Waals surface area contributed by atoms with E-state index in [4.69, 9.17) is 5.11 Å². The van der Waals surface area contributed by atoms with Gasteiger partial charge < -0.3 is 20.2 Å². The van der Waals surface area contributed by atoms with Gasteiger partial charge >= 0.3 is 6.09 Å². The number of aliphatic hydroxyl groups is 2. The second-order valence-electron chi connectivity index (χ2n) is 4.81. The minimum atomic E-state index is -1.21. The van der Waals surface area contributed by atoms with E-state index in [1.165, 1.54) is 4.90 Å². The van der Waals surface area contributed by atoms with E-state index in [2.05, 4.69) is 0 Å². The molecular formula is C13H17NO4. The first-order chi connectivity index (χ1) is 8.48. The third-order valence-corrected chi connectivity index (χ3v) is 3.53. The highest BCUT2D eigenvalue weighted by Crippen LogP contribution is 2.37. The molecule has 1 amide bonds. The van der Waals surface area contributed by atoms with E-state index in [9.17, 15) is 15.0 Å². The molecule has 5 nitrogen and oxygen atoms in total. The van der Waals surface area contributed by atoms with E-state index < -0.39 is 11.7 Å². The van der Waals surface area contributed by atoms with Crippen LogP contribution in [0.15, 0.2) is 24.3 Å². The Morgan fingerprint density at radius 2 is 2.17 bits per heavy atom. The van der Waals surface area contributed by atoms with Crippen molar-refractivity contribution in [2.75, 3.05) is 6.54 Å². The maximum Gasteiger partial charge on any atom is 0.407 e. The minimum Gasteiger partial charge on any atom is -0.465 e. The molecule has 3 N–H and O–H groups in total. The topological polar surface area (TPSA) is 81.0 Å². The average Bonchev–Trinajstić information content (AvgIpc) is 2.66. The number of β-amino-alcohol motifs (C(OH)–C–C–N with tert-alkyl or cyclic N) is 1. The fourth-order valence-corrected chi connectivity index (χ4v) is 2.66. The van der Waals surface area contributed by atoms with Gasteiger partial charge in [-0.15, -0.1) is 0 Å². The monoisotopic (exact) mass is 251 g/mol. The Balaban J connectivity index is 2.36. The van der Waals surface area contributed by atoms with Crippen molar-refractivity contribution < 1.29 is 20.1 Å². The second-order valence-corrected chi connectivity index (χ2v) is 4.81.